The van der Waals surface area contributed by atoms with Crippen molar-refractivity contribution in [3.05, 3.63) is 29.3 Å². The standard InChI is InChI=1S/C40H60ClN3O11/c1-11-30-40(8)34(42-38(48)54-40)23(4)31(45)21(2)19-39(7)35(53-37-32(46)28(44(9)10)18-22(3)51-37)24(5)33(25(6)36(47)52-30)49-20-26(16-17-50-39)43-55-29-15-13-12-14-27(29)41/h12-15,21-25,28,30,32-35,37,46H,11,16-20H2,1-10H3,(H,42,48)/b43-26-/t21-,22-,23+,24+,25-,28+,30-,32-,33+,34-,35-,37+,39-,40-/m1/s1. The number of halogens is 1. The van der Waals surface area contributed by atoms with E-state index in [9.17, 15) is 19.5 Å². The lowest BCUT2D eigenvalue weighted by molar-refractivity contribution is -0.304. The molecule has 0 aromatic heterocycles. The third-order valence-corrected chi connectivity index (χ3v) is 12.3. The van der Waals surface area contributed by atoms with Crippen LogP contribution in [-0.2, 0) is 38.0 Å². The van der Waals surface area contributed by atoms with Crippen molar-refractivity contribution in [3.8, 4) is 5.75 Å². The van der Waals surface area contributed by atoms with Gasteiger partial charge in [-0.2, -0.15) is 0 Å². The van der Waals surface area contributed by atoms with Crippen LogP contribution in [0.2, 0.25) is 5.02 Å². The number of benzene rings is 1. The highest BCUT2D eigenvalue weighted by molar-refractivity contribution is 6.32. The molecule has 2 N–H and O–H groups in total. The fourth-order valence-electron chi connectivity index (χ4n) is 8.93. The van der Waals surface area contributed by atoms with Gasteiger partial charge in [0.25, 0.3) is 0 Å². The maximum absolute atomic E-state index is 14.4. The number of cyclic esters (lactones) is 1. The van der Waals surface area contributed by atoms with E-state index in [0.29, 0.717) is 29.3 Å². The van der Waals surface area contributed by atoms with E-state index in [1.54, 1.807) is 45.0 Å². The van der Waals surface area contributed by atoms with Crippen LogP contribution in [0.25, 0.3) is 0 Å². The van der Waals surface area contributed by atoms with Crippen molar-refractivity contribution in [2.24, 2.45) is 28.8 Å². The van der Waals surface area contributed by atoms with Gasteiger partial charge in [0.2, 0.25) is 0 Å². The maximum atomic E-state index is 14.4. The average molecular weight is 794 g/mol. The van der Waals surface area contributed by atoms with Crippen LogP contribution in [0.4, 0.5) is 4.79 Å². The van der Waals surface area contributed by atoms with E-state index in [4.69, 9.17) is 44.9 Å². The molecule has 55 heavy (non-hydrogen) atoms. The lowest BCUT2D eigenvalue weighted by atomic mass is 9.73. The van der Waals surface area contributed by atoms with Crippen LogP contribution in [0.5, 0.6) is 5.75 Å². The number of alkyl carbamates (subject to hydrolysis) is 1. The summed E-state index contributed by atoms with van der Waals surface area (Å²) < 4.78 is 38.8. The van der Waals surface area contributed by atoms with Gasteiger partial charge in [0.1, 0.15) is 18.0 Å². The Kier molecular flexibility index (Phi) is 14.0. The second-order valence-corrected chi connectivity index (χ2v) is 16.9. The van der Waals surface area contributed by atoms with Crippen LogP contribution in [0, 0.1) is 23.7 Å². The molecule has 1 aromatic rings. The third-order valence-electron chi connectivity index (χ3n) is 12.0. The Morgan fingerprint density at radius 2 is 1.78 bits per heavy atom. The third kappa shape index (κ3) is 9.32. The van der Waals surface area contributed by atoms with Crippen LogP contribution in [0.15, 0.2) is 29.4 Å². The first kappa shape index (κ1) is 43.3. The normalized spacial score (nSPS) is 41.5. The molecule has 1 aromatic carbocycles. The molecule has 15 heteroatoms. The SMILES string of the molecule is CC[C@H]1OC(=O)[C@H](C)[C@H]2OC/C(=N\Oc3ccccc3Cl)CCO[C@](C)(C[C@@H](C)C(=O)[C@H](C)[C@H]3NC(=O)O[C@@]31C)[C@H](O[C@@H]1O[C@H](C)C[C@H](N(C)C)[C@H]1O)[C@H]2C. The number of carbonyl (C=O) groups excluding carboxylic acids is 3. The molecule has 2 bridgehead atoms. The number of likely N-dealkylation sites (N-methyl/N-ethyl adjacent to an activating group) is 1. The molecular weight excluding hydrogens is 734 g/mol. The smallest absolute Gasteiger partial charge is 0.408 e. The number of hydrogen-bond acceptors (Lipinski definition) is 13. The van der Waals surface area contributed by atoms with E-state index in [0.717, 1.165) is 0 Å². The number of ether oxygens (including phenoxy) is 6. The van der Waals surface area contributed by atoms with E-state index in [1.807, 2.05) is 53.6 Å². The van der Waals surface area contributed by atoms with Crippen molar-refractivity contribution in [1.29, 1.82) is 0 Å². The van der Waals surface area contributed by atoms with Gasteiger partial charge in [0, 0.05) is 30.2 Å². The number of oxime groups is 1. The molecule has 4 aliphatic heterocycles. The van der Waals surface area contributed by atoms with E-state index in [1.165, 1.54) is 0 Å². The van der Waals surface area contributed by atoms with Crippen molar-refractivity contribution in [2.45, 2.75) is 141 Å². The van der Waals surface area contributed by atoms with Gasteiger partial charge >= 0.3 is 12.1 Å². The minimum atomic E-state index is -1.33. The van der Waals surface area contributed by atoms with Crippen LogP contribution in [0.3, 0.4) is 0 Å². The summed E-state index contributed by atoms with van der Waals surface area (Å²) in [6, 6.07) is 5.94. The van der Waals surface area contributed by atoms with Crippen LogP contribution >= 0.6 is 11.6 Å². The summed E-state index contributed by atoms with van der Waals surface area (Å²) >= 11 is 6.35. The van der Waals surface area contributed by atoms with Crippen molar-refractivity contribution >= 4 is 35.2 Å². The number of nitrogens with zero attached hydrogens (tertiary/aromatic N) is 2. The quantitative estimate of drug-likeness (QED) is 0.288. The number of aliphatic hydroxyl groups is 1. The van der Waals surface area contributed by atoms with Crippen molar-refractivity contribution in [1.82, 2.24) is 10.2 Å². The summed E-state index contributed by atoms with van der Waals surface area (Å²) in [6.07, 6.45) is -4.24. The monoisotopic (exact) mass is 793 g/mol. The second kappa shape index (κ2) is 17.7. The largest absolute Gasteiger partial charge is 0.458 e. The lowest BCUT2D eigenvalue weighted by Crippen LogP contribution is -2.61. The summed E-state index contributed by atoms with van der Waals surface area (Å²) in [5, 5.41) is 19.3. The summed E-state index contributed by atoms with van der Waals surface area (Å²) in [7, 11) is 3.80. The molecule has 4 saturated heterocycles. The highest BCUT2D eigenvalue weighted by atomic mass is 35.5. The molecule has 14 atom stereocenters. The van der Waals surface area contributed by atoms with Gasteiger partial charge in [0.05, 0.1) is 59.8 Å². The number of aliphatic hydroxyl groups excluding tert-OH is 1. The first-order valence-corrected chi connectivity index (χ1v) is 19.9. The van der Waals surface area contributed by atoms with E-state index >= 15 is 0 Å². The molecule has 4 fully saturated rings. The number of rotatable bonds is 6. The number of nitrogens with one attached hydrogen (secondary N) is 1. The van der Waals surface area contributed by atoms with Crippen LogP contribution in [-0.4, -0.2) is 121 Å². The van der Waals surface area contributed by atoms with Crippen molar-refractivity contribution < 1.29 is 52.7 Å². The summed E-state index contributed by atoms with van der Waals surface area (Å²) in [5.41, 5.74) is -2.04. The molecule has 4 aliphatic rings. The summed E-state index contributed by atoms with van der Waals surface area (Å²) in [5.74, 6) is -3.19. The van der Waals surface area contributed by atoms with Gasteiger partial charge in [-0.1, -0.05) is 56.6 Å². The number of carbonyl (C=O) groups is 3. The number of fused-ring (bicyclic) bond motifs is 4. The lowest BCUT2D eigenvalue weighted by Gasteiger charge is -2.49. The van der Waals surface area contributed by atoms with E-state index in [-0.39, 0.29) is 44.0 Å². The van der Waals surface area contributed by atoms with E-state index < -0.39 is 83.7 Å². The molecule has 0 spiro atoms. The molecular formula is C40H60ClN3O11. The van der Waals surface area contributed by atoms with Gasteiger partial charge in [-0.15, -0.1) is 0 Å². The van der Waals surface area contributed by atoms with E-state index in [2.05, 4.69) is 10.5 Å². The van der Waals surface area contributed by atoms with Crippen molar-refractivity contribution in [2.75, 3.05) is 27.3 Å². The minimum absolute atomic E-state index is 0.0307. The number of amides is 1. The number of hydrogen-bond donors (Lipinski definition) is 2. The summed E-state index contributed by atoms with van der Waals surface area (Å²) in [4.78, 5) is 49.3. The summed E-state index contributed by atoms with van der Waals surface area (Å²) in [6.45, 7) is 14.7. The van der Waals surface area contributed by atoms with Crippen LogP contribution in [0.1, 0.15) is 81.1 Å². The molecule has 308 valence electrons. The Balaban J connectivity index is 1.61. The molecule has 4 heterocycles. The topological polar surface area (TPSA) is 164 Å². The Bertz CT molecular complexity index is 1560. The Morgan fingerprint density at radius 3 is 2.45 bits per heavy atom. The molecule has 0 unspecified atom stereocenters. The zero-order chi connectivity index (χ0) is 40.4. The van der Waals surface area contributed by atoms with Crippen LogP contribution < -0.4 is 10.2 Å². The Morgan fingerprint density at radius 1 is 1.07 bits per heavy atom. The van der Waals surface area contributed by atoms with Gasteiger partial charge in [-0.3, -0.25) is 9.59 Å². The zero-order valence-electron chi connectivity index (χ0n) is 33.8. The molecule has 0 radical (unpaired) electrons. The molecule has 5 rings (SSSR count). The number of ketones is 1. The number of esters is 1. The highest BCUT2D eigenvalue weighted by Crippen LogP contribution is 2.42. The Hall–Kier alpha value is -2.85. The van der Waals surface area contributed by atoms with Gasteiger partial charge in [0.15, 0.2) is 17.6 Å². The second-order valence-electron chi connectivity index (χ2n) is 16.5. The molecule has 1 amide bonds. The zero-order valence-corrected chi connectivity index (χ0v) is 34.5. The molecule has 14 nitrogen and oxygen atoms in total. The maximum Gasteiger partial charge on any atom is 0.408 e. The highest BCUT2D eigenvalue weighted by Gasteiger charge is 2.57. The fourth-order valence-corrected chi connectivity index (χ4v) is 9.10. The van der Waals surface area contributed by atoms with Crippen molar-refractivity contribution in [3.63, 3.8) is 0 Å². The number of Topliss-reactive ketones (excluding diaryl/α,β-unsaturated/α-hetero) is 1. The first-order valence-electron chi connectivity index (χ1n) is 19.5. The minimum Gasteiger partial charge on any atom is -0.458 e. The first-order chi connectivity index (χ1) is 25.9. The van der Waals surface area contributed by atoms with Gasteiger partial charge < -0.3 is 48.6 Å². The van der Waals surface area contributed by atoms with Gasteiger partial charge in [-0.25, -0.2) is 4.79 Å². The predicted molar refractivity (Wildman–Crippen MR) is 204 cm³/mol. The number of para-hydroxylation sites is 1. The fraction of sp³-hybridized carbons (Fsp3) is 0.750. The Labute approximate surface area is 329 Å². The average Bonchev–Trinajstić information content (AvgIpc) is 3.45. The molecule has 0 saturated carbocycles. The predicted octanol–water partition coefficient (Wildman–Crippen LogP) is 5.16. The van der Waals surface area contributed by atoms with Gasteiger partial charge in [-0.05, 0) is 73.2 Å². The molecule has 0 aliphatic carbocycles.